The van der Waals surface area contributed by atoms with E-state index in [1.807, 2.05) is 0 Å². The van der Waals surface area contributed by atoms with Gasteiger partial charge in [-0.15, -0.1) is 0 Å². The number of benzene rings is 1. The van der Waals surface area contributed by atoms with Crippen LogP contribution in [-0.2, 0) is 19.4 Å². The van der Waals surface area contributed by atoms with Gasteiger partial charge in [0.15, 0.2) is 20.1 Å². The van der Waals surface area contributed by atoms with Crippen molar-refractivity contribution < 1.29 is 22.4 Å². The number of thiazole rings is 1. The number of halogens is 2. The highest BCUT2D eigenvalue weighted by molar-refractivity contribution is 7.92. The summed E-state index contributed by atoms with van der Waals surface area (Å²) in [6, 6.07) is 2.14. The van der Waals surface area contributed by atoms with E-state index in [-0.39, 0.29) is 26.8 Å². The van der Waals surface area contributed by atoms with Crippen LogP contribution in [0, 0.1) is 11.0 Å². The van der Waals surface area contributed by atoms with Crippen LogP contribution in [0.4, 0.5) is 9.52 Å². The van der Waals surface area contributed by atoms with Gasteiger partial charge in [-0.3, -0.25) is 14.3 Å². The lowest BCUT2D eigenvalue weighted by Gasteiger charge is -2.21. The maximum Gasteiger partial charge on any atom is 0.251 e. The molecule has 2 atom stereocenters. The monoisotopic (exact) mass is 510 g/mol. The second-order valence-corrected chi connectivity index (χ2v) is 12.1. The van der Waals surface area contributed by atoms with Crippen LogP contribution in [-0.4, -0.2) is 40.1 Å². The number of rotatable bonds is 7. The van der Waals surface area contributed by atoms with Gasteiger partial charge in [-0.25, -0.2) is 13.4 Å². The maximum absolute atomic E-state index is 13.4. The van der Waals surface area contributed by atoms with E-state index in [9.17, 15) is 22.4 Å². The lowest BCUT2D eigenvalue weighted by molar-refractivity contribution is -0.120. The molecule has 5 rings (SSSR count). The molecule has 0 bridgehead atoms. The number of hydrogen-bond donors (Lipinski definition) is 1. The summed E-state index contributed by atoms with van der Waals surface area (Å²) >= 11 is 6.99. The number of Topliss-reactive ketones (excluding diaryl/α,β-unsaturated/α-hetero) is 1. The third-order valence-electron chi connectivity index (χ3n) is 6.12. The number of nitrogens with one attached hydrogen (secondary N) is 1. The number of amides is 1. The fourth-order valence-electron chi connectivity index (χ4n) is 4.35. The van der Waals surface area contributed by atoms with E-state index in [0.29, 0.717) is 60.8 Å². The summed E-state index contributed by atoms with van der Waals surface area (Å²) in [4.78, 5) is 29.0. The Balaban J connectivity index is 1.56. The van der Waals surface area contributed by atoms with Gasteiger partial charge in [0.25, 0.3) is 5.91 Å². The molecule has 3 aromatic rings. The van der Waals surface area contributed by atoms with Crippen molar-refractivity contribution in [2.24, 2.45) is 5.92 Å². The lowest BCUT2D eigenvalue weighted by Crippen LogP contribution is -2.28. The number of aromatic nitrogens is 3. The van der Waals surface area contributed by atoms with Gasteiger partial charge in [-0.2, -0.15) is 9.49 Å². The maximum atomic E-state index is 13.4. The molecule has 8 nitrogen and oxygen atoms in total. The number of nitrogens with zero attached hydrogens (tertiary/aromatic N) is 3. The summed E-state index contributed by atoms with van der Waals surface area (Å²) in [7, 11) is -3.56. The Bertz CT molecular complexity index is 1370. The Morgan fingerprint density at radius 2 is 2.09 bits per heavy atom. The quantitative estimate of drug-likeness (QED) is 0.511. The lowest BCUT2D eigenvalue weighted by atomic mass is 9.97. The molecule has 12 heteroatoms. The molecule has 2 saturated carbocycles. The van der Waals surface area contributed by atoms with Crippen molar-refractivity contribution >= 4 is 60.5 Å². The Kier molecular flexibility index (Phi) is 5.74. The van der Waals surface area contributed by atoms with Crippen molar-refractivity contribution in [1.29, 1.82) is 0 Å². The van der Waals surface area contributed by atoms with Crippen LogP contribution in [0.3, 0.4) is 0 Å². The van der Waals surface area contributed by atoms with Crippen LogP contribution >= 0.6 is 22.9 Å². The number of carbonyl (C=O) groups is 2. The fourth-order valence-corrected chi connectivity index (χ4v) is 7.04. The van der Waals surface area contributed by atoms with Crippen molar-refractivity contribution in [2.45, 2.75) is 54.7 Å². The van der Waals surface area contributed by atoms with Gasteiger partial charge in [0, 0.05) is 23.3 Å². The van der Waals surface area contributed by atoms with Gasteiger partial charge in [-0.1, -0.05) is 22.9 Å². The highest BCUT2D eigenvalue weighted by Gasteiger charge is 2.39. The number of anilines is 1. The molecular formula is C21H20ClFN4O4S2. The molecule has 2 aromatic heterocycles. The SMILES string of the molecule is O=C1CC[C@H](CC(C(=O)Nc2ncc(F)s2)n2ncc3c(S(=O)(=O)C4CC4)cc(Cl)cc32)C1. The molecule has 1 unspecified atom stereocenters. The molecule has 1 N–H and O–H groups in total. The molecule has 0 saturated heterocycles. The van der Waals surface area contributed by atoms with Crippen molar-refractivity contribution in [3.63, 3.8) is 0 Å². The standard InChI is InChI=1S/C21H20ClFN4O4S2/c22-12-7-16-15(18(8-12)33(30,31)14-3-4-14)9-25-27(16)17(6-11-1-2-13(28)5-11)20(29)26-21-24-10-19(23)32-21/h7-11,14,17H,1-6H2,(H,24,26,29)/t11-,17?/m0/s1. The zero-order valence-electron chi connectivity index (χ0n) is 17.3. The zero-order valence-corrected chi connectivity index (χ0v) is 19.7. The first-order valence-electron chi connectivity index (χ1n) is 10.6. The molecule has 0 radical (unpaired) electrons. The molecule has 0 spiro atoms. The smallest absolute Gasteiger partial charge is 0.251 e. The first-order chi connectivity index (χ1) is 15.7. The summed E-state index contributed by atoms with van der Waals surface area (Å²) in [6.45, 7) is 0. The van der Waals surface area contributed by atoms with E-state index in [0.717, 1.165) is 6.20 Å². The fraction of sp³-hybridized carbons (Fsp3) is 0.429. The number of sulfone groups is 1. The predicted octanol–water partition coefficient (Wildman–Crippen LogP) is 4.16. The molecule has 2 heterocycles. The van der Waals surface area contributed by atoms with E-state index in [1.165, 1.54) is 16.9 Å². The van der Waals surface area contributed by atoms with Crippen LogP contribution in [0.15, 0.2) is 29.4 Å². The normalized spacial score (nSPS) is 19.8. The molecule has 2 fully saturated rings. The van der Waals surface area contributed by atoms with E-state index < -0.39 is 32.2 Å². The predicted molar refractivity (Wildman–Crippen MR) is 122 cm³/mol. The minimum absolute atomic E-state index is 0.0191. The Morgan fingerprint density at radius 3 is 2.73 bits per heavy atom. The Labute approximate surface area is 198 Å². The molecule has 0 aliphatic heterocycles. The summed E-state index contributed by atoms with van der Waals surface area (Å²) in [5.74, 6) is -0.345. The molecule has 1 amide bonds. The first kappa shape index (κ1) is 22.4. The molecule has 33 heavy (non-hydrogen) atoms. The second-order valence-electron chi connectivity index (χ2n) is 8.53. The number of hydrogen-bond acceptors (Lipinski definition) is 7. The summed E-state index contributed by atoms with van der Waals surface area (Å²) in [6.07, 6.45) is 5.48. The highest BCUT2D eigenvalue weighted by atomic mass is 35.5. The molecule has 174 valence electrons. The average Bonchev–Trinajstić information content (AvgIpc) is 3.26. The highest BCUT2D eigenvalue weighted by Crippen LogP contribution is 2.39. The van der Waals surface area contributed by atoms with Crippen LogP contribution < -0.4 is 5.32 Å². The molecular weight excluding hydrogens is 491 g/mol. The van der Waals surface area contributed by atoms with E-state index >= 15 is 0 Å². The van der Waals surface area contributed by atoms with Crippen LogP contribution in [0.2, 0.25) is 5.02 Å². The average molecular weight is 511 g/mol. The van der Waals surface area contributed by atoms with E-state index in [1.54, 1.807) is 6.07 Å². The van der Waals surface area contributed by atoms with Crippen molar-refractivity contribution in [3.05, 3.63) is 34.7 Å². The third-order valence-corrected chi connectivity index (χ3v) is 9.34. The molecule has 1 aromatic carbocycles. The van der Waals surface area contributed by atoms with Crippen molar-refractivity contribution in [3.8, 4) is 0 Å². The zero-order chi connectivity index (χ0) is 23.3. The second kappa shape index (κ2) is 8.44. The minimum Gasteiger partial charge on any atom is -0.300 e. The summed E-state index contributed by atoms with van der Waals surface area (Å²) in [5.41, 5.74) is 0.413. The van der Waals surface area contributed by atoms with Gasteiger partial charge < -0.3 is 5.32 Å². The number of fused-ring (bicyclic) bond motifs is 1. The van der Waals surface area contributed by atoms with Crippen LogP contribution in [0.25, 0.3) is 10.9 Å². The minimum atomic E-state index is -3.56. The molecule has 2 aliphatic rings. The van der Waals surface area contributed by atoms with Gasteiger partial charge in [-0.05, 0) is 43.7 Å². The Hall–Kier alpha value is -2.37. The Morgan fingerprint density at radius 1 is 1.30 bits per heavy atom. The first-order valence-corrected chi connectivity index (χ1v) is 13.3. The number of carbonyl (C=O) groups excluding carboxylic acids is 2. The van der Waals surface area contributed by atoms with Gasteiger partial charge >= 0.3 is 0 Å². The van der Waals surface area contributed by atoms with Crippen molar-refractivity contribution in [1.82, 2.24) is 14.8 Å². The van der Waals surface area contributed by atoms with Gasteiger partial charge in [0.1, 0.15) is 11.8 Å². The van der Waals surface area contributed by atoms with Crippen LogP contribution in [0.1, 0.15) is 44.6 Å². The van der Waals surface area contributed by atoms with Gasteiger partial charge in [0.2, 0.25) is 0 Å². The summed E-state index contributed by atoms with van der Waals surface area (Å²) < 4.78 is 40.8. The van der Waals surface area contributed by atoms with E-state index in [4.69, 9.17) is 11.6 Å². The number of ketones is 1. The van der Waals surface area contributed by atoms with E-state index in [2.05, 4.69) is 15.4 Å². The largest absolute Gasteiger partial charge is 0.300 e. The topological polar surface area (TPSA) is 111 Å². The van der Waals surface area contributed by atoms with Crippen LogP contribution in [0.5, 0.6) is 0 Å². The van der Waals surface area contributed by atoms with Crippen molar-refractivity contribution in [2.75, 3.05) is 5.32 Å². The third kappa shape index (κ3) is 4.41. The molecule has 2 aliphatic carbocycles. The summed E-state index contributed by atoms with van der Waals surface area (Å²) in [5, 5.41) is 6.76. The van der Waals surface area contributed by atoms with Gasteiger partial charge in [0.05, 0.1) is 28.1 Å².